The van der Waals surface area contributed by atoms with Crippen molar-refractivity contribution in [2.45, 2.75) is 51.1 Å². The number of hydrogen-bond donors (Lipinski definition) is 1. The van der Waals surface area contributed by atoms with Crippen LogP contribution in [0.2, 0.25) is 0 Å². The van der Waals surface area contributed by atoms with Crippen molar-refractivity contribution in [2.24, 2.45) is 5.92 Å². The Morgan fingerprint density at radius 1 is 1.50 bits per heavy atom. The molecule has 0 aromatic rings. The van der Waals surface area contributed by atoms with Gasteiger partial charge in [-0.05, 0) is 38.1 Å². The van der Waals surface area contributed by atoms with Gasteiger partial charge in [0.05, 0.1) is 6.42 Å². The minimum absolute atomic E-state index is 0.324. The molecule has 2 fully saturated rings. The zero-order valence-corrected chi connectivity index (χ0v) is 8.78. The number of nitrogens with zero attached hydrogens (tertiary/aromatic N) is 1. The molecule has 1 saturated carbocycles. The van der Waals surface area contributed by atoms with Crippen molar-refractivity contribution < 1.29 is 9.90 Å². The number of rotatable bonds is 3. The molecule has 2 rings (SSSR count). The van der Waals surface area contributed by atoms with Gasteiger partial charge in [-0.3, -0.25) is 9.69 Å². The molecule has 3 heteroatoms. The van der Waals surface area contributed by atoms with Crippen molar-refractivity contribution in [3.63, 3.8) is 0 Å². The summed E-state index contributed by atoms with van der Waals surface area (Å²) < 4.78 is 0. The summed E-state index contributed by atoms with van der Waals surface area (Å²) in [6.07, 6.45) is 5.15. The lowest BCUT2D eigenvalue weighted by Crippen LogP contribution is -2.46. The Bertz CT molecular complexity index is 223. The van der Waals surface area contributed by atoms with E-state index in [1.165, 1.54) is 19.3 Å². The van der Waals surface area contributed by atoms with Gasteiger partial charge in [-0.1, -0.05) is 6.92 Å². The molecule has 0 aromatic carbocycles. The number of carboxylic acid groups (broad SMARTS) is 1. The quantitative estimate of drug-likeness (QED) is 0.749. The molecular formula is C11H19NO2. The van der Waals surface area contributed by atoms with E-state index in [0.29, 0.717) is 18.5 Å². The summed E-state index contributed by atoms with van der Waals surface area (Å²) in [5, 5.41) is 8.79. The number of carbonyl (C=O) groups is 1. The van der Waals surface area contributed by atoms with Gasteiger partial charge < -0.3 is 5.11 Å². The zero-order valence-electron chi connectivity index (χ0n) is 8.78. The molecule has 2 aliphatic rings. The molecule has 1 aliphatic carbocycles. The lowest BCUT2D eigenvalue weighted by atomic mass is 9.80. The fourth-order valence-corrected chi connectivity index (χ4v) is 2.89. The second-order valence-corrected chi connectivity index (χ2v) is 4.86. The van der Waals surface area contributed by atoms with Crippen LogP contribution in [-0.4, -0.2) is 34.6 Å². The summed E-state index contributed by atoms with van der Waals surface area (Å²) in [6.45, 7) is 3.40. The molecule has 0 aromatic heterocycles. The van der Waals surface area contributed by atoms with Gasteiger partial charge in [0.2, 0.25) is 0 Å². The molecule has 0 amide bonds. The highest BCUT2D eigenvalue weighted by molar-refractivity contribution is 5.67. The van der Waals surface area contributed by atoms with Gasteiger partial charge in [0.15, 0.2) is 0 Å². The molecule has 0 bridgehead atoms. The second-order valence-electron chi connectivity index (χ2n) is 4.86. The Hall–Kier alpha value is -0.570. The van der Waals surface area contributed by atoms with E-state index in [1.54, 1.807) is 0 Å². The predicted molar refractivity (Wildman–Crippen MR) is 54.2 cm³/mol. The summed E-state index contributed by atoms with van der Waals surface area (Å²) in [7, 11) is 0. The molecule has 1 saturated heterocycles. The van der Waals surface area contributed by atoms with Crippen LogP contribution in [0.3, 0.4) is 0 Å². The van der Waals surface area contributed by atoms with Crippen LogP contribution in [0.1, 0.15) is 39.0 Å². The van der Waals surface area contributed by atoms with E-state index in [4.69, 9.17) is 5.11 Å². The molecule has 3 nitrogen and oxygen atoms in total. The highest BCUT2D eigenvalue weighted by Gasteiger charge is 2.37. The van der Waals surface area contributed by atoms with Crippen molar-refractivity contribution in [2.75, 3.05) is 6.54 Å². The molecular weight excluding hydrogens is 178 g/mol. The van der Waals surface area contributed by atoms with E-state index in [-0.39, 0.29) is 0 Å². The van der Waals surface area contributed by atoms with Crippen LogP contribution in [0.25, 0.3) is 0 Å². The van der Waals surface area contributed by atoms with Crippen LogP contribution in [0.15, 0.2) is 0 Å². The van der Waals surface area contributed by atoms with E-state index in [2.05, 4.69) is 11.8 Å². The summed E-state index contributed by atoms with van der Waals surface area (Å²) in [5.41, 5.74) is 0. The van der Waals surface area contributed by atoms with Crippen LogP contribution in [0, 0.1) is 5.92 Å². The summed E-state index contributed by atoms with van der Waals surface area (Å²) in [4.78, 5) is 13.1. The Balaban J connectivity index is 1.87. The third kappa shape index (κ3) is 1.92. The Labute approximate surface area is 85.1 Å². The first-order valence-corrected chi connectivity index (χ1v) is 5.64. The van der Waals surface area contributed by atoms with E-state index < -0.39 is 5.97 Å². The fourth-order valence-electron chi connectivity index (χ4n) is 2.89. The van der Waals surface area contributed by atoms with Crippen molar-refractivity contribution in [1.29, 1.82) is 0 Å². The maximum absolute atomic E-state index is 10.7. The molecule has 0 radical (unpaired) electrons. The maximum atomic E-state index is 10.7. The van der Waals surface area contributed by atoms with Gasteiger partial charge in [0, 0.05) is 12.1 Å². The summed E-state index contributed by atoms with van der Waals surface area (Å²) in [6, 6.07) is 1.02. The van der Waals surface area contributed by atoms with E-state index >= 15 is 0 Å². The average molecular weight is 197 g/mol. The smallest absolute Gasteiger partial charge is 0.304 e. The highest BCUT2D eigenvalue weighted by atomic mass is 16.4. The minimum atomic E-state index is -0.644. The van der Waals surface area contributed by atoms with Crippen LogP contribution >= 0.6 is 0 Å². The molecule has 1 N–H and O–H groups in total. The van der Waals surface area contributed by atoms with Gasteiger partial charge >= 0.3 is 5.97 Å². The Kier molecular flexibility index (Phi) is 2.77. The first-order chi connectivity index (χ1) is 6.66. The minimum Gasteiger partial charge on any atom is -0.481 e. The summed E-state index contributed by atoms with van der Waals surface area (Å²) >= 11 is 0. The molecule has 1 heterocycles. The third-order valence-electron chi connectivity index (χ3n) is 3.65. The van der Waals surface area contributed by atoms with Crippen molar-refractivity contribution in [3.8, 4) is 0 Å². The zero-order chi connectivity index (χ0) is 10.1. The van der Waals surface area contributed by atoms with Crippen molar-refractivity contribution in [3.05, 3.63) is 0 Å². The van der Waals surface area contributed by atoms with E-state index in [1.807, 2.05) is 0 Å². The van der Waals surface area contributed by atoms with Crippen molar-refractivity contribution >= 4 is 5.97 Å². The predicted octanol–water partition coefficient (Wildman–Crippen LogP) is 1.72. The lowest BCUT2D eigenvalue weighted by Gasteiger charge is -2.42. The molecule has 14 heavy (non-hydrogen) atoms. The van der Waals surface area contributed by atoms with Gasteiger partial charge in [-0.25, -0.2) is 0 Å². The standard InChI is InChI=1S/C11H19NO2/c1-8-5-10(6-8)12-4-2-3-9(12)7-11(13)14/h8-10H,2-7H2,1H3,(H,13,14). The van der Waals surface area contributed by atoms with Gasteiger partial charge in [-0.2, -0.15) is 0 Å². The normalized spacial score (nSPS) is 38.2. The van der Waals surface area contributed by atoms with E-state index in [0.717, 1.165) is 18.9 Å². The Morgan fingerprint density at radius 3 is 2.79 bits per heavy atom. The topological polar surface area (TPSA) is 40.5 Å². The molecule has 0 spiro atoms. The number of carboxylic acids is 1. The van der Waals surface area contributed by atoms with Crippen LogP contribution in [-0.2, 0) is 4.79 Å². The third-order valence-corrected chi connectivity index (χ3v) is 3.65. The average Bonchev–Trinajstić information content (AvgIpc) is 2.45. The monoisotopic (exact) mass is 197 g/mol. The van der Waals surface area contributed by atoms with E-state index in [9.17, 15) is 4.79 Å². The molecule has 1 atom stereocenters. The van der Waals surface area contributed by atoms with Gasteiger partial charge in [0.25, 0.3) is 0 Å². The highest BCUT2D eigenvalue weighted by Crippen LogP contribution is 2.36. The number of hydrogen-bond acceptors (Lipinski definition) is 2. The summed E-state index contributed by atoms with van der Waals surface area (Å²) in [5.74, 6) is 0.209. The Morgan fingerprint density at radius 2 is 2.21 bits per heavy atom. The maximum Gasteiger partial charge on any atom is 0.304 e. The van der Waals surface area contributed by atoms with Gasteiger partial charge in [0.1, 0.15) is 0 Å². The van der Waals surface area contributed by atoms with Gasteiger partial charge in [-0.15, -0.1) is 0 Å². The lowest BCUT2D eigenvalue weighted by molar-refractivity contribution is -0.138. The largest absolute Gasteiger partial charge is 0.481 e. The van der Waals surface area contributed by atoms with Crippen LogP contribution in [0.5, 0.6) is 0 Å². The van der Waals surface area contributed by atoms with Crippen LogP contribution in [0.4, 0.5) is 0 Å². The number of likely N-dealkylation sites (tertiary alicyclic amines) is 1. The molecule has 80 valence electrons. The first kappa shape index (κ1) is 9.97. The van der Waals surface area contributed by atoms with Crippen molar-refractivity contribution in [1.82, 2.24) is 4.90 Å². The van der Waals surface area contributed by atoms with Crippen LogP contribution < -0.4 is 0 Å². The fraction of sp³-hybridized carbons (Fsp3) is 0.909. The number of aliphatic carboxylic acids is 1. The first-order valence-electron chi connectivity index (χ1n) is 5.64. The SMILES string of the molecule is CC1CC(N2CCCC2CC(=O)O)C1. The molecule has 1 aliphatic heterocycles. The second kappa shape index (κ2) is 3.89. The molecule has 1 unspecified atom stereocenters.